The van der Waals surface area contributed by atoms with Crippen molar-refractivity contribution < 1.29 is 8.39 Å². The van der Waals surface area contributed by atoms with Crippen molar-refractivity contribution in [3.8, 4) is 0 Å². The van der Waals surface area contributed by atoms with Crippen LogP contribution in [0.5, 0.6) is 0 Å². The largest absolute Gasteiger partial charge is 0.295 e. The van der Waals surface area contributed by atoms with Gasteiger partial charge in [0, 0.05) is 25.9 Å². The highest BCUT2D eigenvalue weighted by Gasteiger charge is 2.07. The summed E-state index contributed by atoms with van der Waals surface area (Å²) < 4.78 is 16.1. The van der Waals surface area contributed by atoms with Crippen LogP contribution in [0.1, 0.15) is 17.5 Å². The molecule has 0 spiro atoms. The molecule has 0 radical (unpaired) electrons. The van der Waals surface area contributed by atoms with E-state index in [9.17, 15) is 4.21 Å². The summed E-state index contributed by atoms with van der Waals surface area (Å²) in [6, 6.07) is 20.9. The topological polar surface area (TPSA) is 29.5 Å². The molecule has 3 nitrogen and oxygen atoms in total. The van der Waals surface area contributed by atoms with Gasteiger partial charge in [0.15, 0.2) is 11.1 Å². The third-order valence-corrected chi connectivity index (χ3v) is 3.86. The van der Waals surface area contributed by atoms with E-state index < -0.39 is 11.1 Å². The van der Waals surface area contributed by atoms with Gasteiger partial charge in [0.05, 0.1) is 6.61 Å². The maximum absolute atomic E-state index is 10.9. The molecule has 118 valence electrons. The Morgan fingerprint density at radius 2 is 1.41 bits per heavy atom. The summed E-state index contributed by atoms with van der Waals surface area (Å²) in [6.45, 7) is 3.26. The first kappa shape index (κ1) is 16.9. The monoisotopic (exact) mass is 317 g/mol. The molecule has 0 aliphatic heterocycles. The van der Waals surface area contributed by atoms with Gasteiger partial charge in [-0.1, -0.05) is 60.7 Å². The molecule has 0 saturated heterocycles. The summed E-state index contributed by atoms with van der Waals surface area (Å²) in [7, 11) is 0. The minimum absolute atomic E-state index is 0.531. The lowest BCUT2D eigenvalue weighted by Crippen LogP contribution is -2.25. The molecule has 0 aliphatic carbocycles. The molecule has 0 saturated carbocycles. The summed E-state index contributed by atoms with van der Waals surface area (Å²) in [6.07, 6.45) is 2.44. The van der Waals surface area contributed by atoms with Crippen molar-refractivity contribution in [1.29, 1.82) is 0 Å². The summed E-state index contributed by atoms with van der Waals surface area (Å²) in [4.78, 5) is 2.40. The number of rotatable bonds is 9. The van der Waals surface area contributed by atoms with Gasteiger partial charge in [-0.05, 0) is 17.5 Å². The Labute approximate surface area is 135 Å². The van der Waals surface area contributed by atoms with Crippen molar-refractivity contribution in [2.75, 3.05) is 19.4 Å². The number of nitrogens with zero attached hydrogens (tertiary/aromatic N) is 1. The van der Waals surface area contributed by atoms with Crippen molar-refractivity contribution in [1.82, 2.24) is 4.90 Å². The van der Waals surface area contributed by atoms with Crippen molar-refractivity contribution >= 4 is 11.1 Å². The maximum atomic E-state index is 10.9. The number of benzene rings is 2. The van der Waals surface area contributed by atoms with Gasteiger partial charge in [0.2, 0.25) is 0 Å². The molecule has 1 atom stereocenters. The second-order valence-electron chi connectivity index (χ2n) is 5.26. The fourth-order valence-electron chi connectivity index (χ4n) is 2.36. The predicted octanol–water partition coefficient (Wildman–Crippen LogP) is 3.39. The van der Waals surface area contributed by atoms with Crippen LogP contribution in [-0.4, -0.2) is 28.5 Å². The highest BCUT2D eigenvalue weighted by atomic mass is 32.2. The maximum Gasteiger partial charge on any atom is 0.152 e. The lowest BCUT2D eigenvalue weighted by Gasteiger charge is -2.22. The fraction of sp³-hybridized carbons (Fsp3) is 0.333. The number of hydrogen-bond acceptors (Lipinski definition) is 3. The van der Waals surface area contributed by atoms with E-state index in [2.05, 4.69) is 53.4 Å². The average molecular weight is 317 g/mol. The van der Waals surface area contributed by atoms with Crippen molar-refractivity contribution in [3.05, 3.63) is 71.8 Å². The first-order valence-electron chi connectivity index (χ1n) is 7.51. The average Bonchev–Trinajstić information content (AvgIpc) is 2.53. The quantitative estimate of drug-likeness (QED) is 0.664. The van der Waals surface area contributed by atoms with Gasteiger partial charge in [-0.2, -0.15) is 0 Å². The van der Waals surface area contributed by atoms with Crippen molar-refractivity contribution in [3.63, 3.8) is 0 Å². The smallest absolute Gasteiger partial charge is 0.152 e. The van der Waals surface area contributed by atoms with Crippen LogP contribution in [0.3, 0.4) is 0 Å². The van der Waals surface area contributed by atoms with E-state index in [-0.39, 0.29) is 0 Å². The van der Waals surface area contributed by atoms with Gasteiger partial charge in [0.1, 0.15) is 0 Å². The Hall–Kier alpha value is -1.49. The van der Waals surface area contributed by atoms with Crippen molar-refractivity contribution in [2.24, 2.45) is 0 Å². The Kier molecular flexibility index (Phi) is 7.30. The fourth-order valence-corrected chi connectivity index (χ4v) is 2.71. The molecule has 0 N–H and O–H groups in total. The lowest BCUT2D eigenvalue weighted by atomic mass is 10.1. The standard InChI is InChI=1S/C18H23NO2S/c1-22(20)21-14-8-13-19(15-17-9-4-2-5-10-17)16-18-11-6-3-7-12-18/h2-7,9-12H,8,13-16H2,1H3. The van der Waals surface area contributed by atoms with E-state index in [4.69, 9.17) is 4.18 Å². The Morgan fingerprint density at radius 1 is 0.909 bits per heavy atom. The molecule has 1 unspecified atom stereocenters. The van der Waals surface area contributed by atoms with Crippen LogP contribution in [0.2, 0.25) is 0 Å². The van der Waals surface area contributed by atoms with Gasteiger partial charge in [-0.3, -0.25) is 9.08 Å². The van der Waals surface area contributed by atoms with Crippen LogP contribution in [0.15, 0.2) is 60.7 Å². The normalized spacial score (nSPS) is 12.5. The van der Waals surface area contributed by atoms with E-state index in [0.717, 1.165) is 26.1 Å². The number of hydrogen-bond donors (Lipinski definition) is 0. The molecule has 2 aromatic rings. The lowest BCUT2D eigenvalue weighted by molar-refractivity contribution is 0.228. The molecule has 0 aromatic heterocycles. The van der Waals surface area contributed by atoms with E-state index in [1.54, 1.807) is 6.26 Å². The molecule has 2 aromatic carbocycles. The van der Waals surface area contributed by atoms with E-state index >= 15 is 0 Å². The predicted molar refractivity (Wildman–Crippen MR) is 91.6 cm³/mol. The van der Waals surface area contributed by atoms with Crippen LogP contribution in [-0.2, 0) is 28.4 Å². The third-order valence-electron chi connectivity index (χ3n) is 3.37. The molecule has 0 heterocycles. The van der Waals surface area contributed by atoms with E-state index in [1.807, 2.05) is 12.1 Å². The van der Waals surface area contributed by atoms with Crippen LogP contribution < -0.4 is 0 Å². The third kappa shape index (κ3) is 6.52. The van der Waals surface area contributed by atoms with Gasteiger partial charge < -0.3 is 0 Å². The molecule has 0 aliphatic rings. The second-order valence-corrected chi connectivity index (χ2v) is 6.30. The van der Waals surface area contributed by atoms with Crippen LogP contribution in [0, 0.1) is 0 Å². The van der Waals surface area contributed by atoms with Gasteiger partial charge >= 0.3 is 0 Å². The van der Waals surface area contributed by atoms with E-state index in [0.29, 0.717) is 6.61 Å². The molecule has 4 heteroatoms. The Morgan fingerprint density at radius 3 is 1.86 bits per heavy atom. The zero-order valence-electron chi connectivity index (χ0n) is 13.0. The van der Waals surface area contributed by atoms with E-state index in [1.165, 1.54) is 11.1 Å². The summed E-state index contributed by atoms with van der Waals surface area (Å²) in [5.74, 6) is 0. The molecular weight excluding hydrogens is 294 g/mol. The van der Waals surface area contributed by atoms with Crippen LogP contribution >= 0.6 is 0 Å². The molecular formula is C18H23NO2S. The van der Waals surface area contributed by atoms with Gasteiger partial charge in [-0.15, -0.1) is 0 Å². The van der Waals surface area contributed by atoms with Gasteiger partial charge in [0.25, 0.3) is 0 Å². The minimum Gasteiger partial charge on any atom is -0.295 e. The summed E-state index contributed by atoms with van der Waals surface area (Å²) in [5, 5.41) is 0. The Bertz CT molecular complexity index is 518. The van der Waals surface area contributed by atoms with Gasteiger partial charge in [-0.25, -0.2) is 4.21 Å². The summed E-state index contributed by atoms with van der Waals surface area (Å²) in [5.41, 5.74) is 2.61. The Balaban J connectivity index is 1.92. The summed E-state index contributed by atoms with van der Waals surface area (Å²) >= 11 is -1.17. The minimum atomic E-state index is -1.17. The zero-order valence-corrected chi connectivity index (χ0v) is 13.8. The molecule has 0 amide bonds. The van der Waals surface area contributed by atoms with Crippen LogP contribution in [0.4, 0.5) is 0 Å². The molecule has 0 fully saturated rings. The zero-order chi connectivity index (χ0) is 15.6. The highest BCUT2D eigenvalue weighted by molar-refractivity contribution is 7.79. The van der Waals surface area contributed by atoms with Crippen LogP contribution in [0.25, 0.3) is 0 Å². The highest BCUT2D eigenvalue weighted by Crippen LogP contribution is 2.10. The SMILES string of the molecule is CS(=O)OCCCN(Cc1ccccc1)Cc1ccccc1. The molecule has 22 heavy (non-hydrogen) atoms. The molecule has 0 bridgehead atoms. The first-order valence-corrected chi connectivity index (χ1v) is 8.99. The second kappa shape index (κ2) is 9.51. The van der Waals surface area contributed by atoms with Crippen molar-refractivity contribution in [2.45, 2.75) is 19.5 Å². The first-order chi connectivity index (χ1) is 10.7. The molecule has 2 rings (SSSR count).